The molecule has 228 valence electrons. The number of aliphatic hydroxyl groups excluding tert-OH is 2. The normalized spacial score (nSPS) is 11.4. The van der Waals surface area contributed by atoms with Crippen molar-refractivity contribution < 1.29 is 10.2 Å². The Kier molecular flexibility index (Phi) is 9.86. The first-order valence-corrected chi connectivity index (χ1v) is 15.6. The summed E-state index contributed by atoms with van der Waals surface area (Å²) in [5.74, 6) is 0.754. The second kappa shape index (κ2) is 14.3. The summed E-state index contributed by atoms with van der Waals surface area (Å²) in [7, 11) is 0. The third-order valence-corrected chi connectivity index (χ3v) is 8.54. The summed E-state index contributed by atoms with van der Waals surface area (Å²) in [6, 6.07) is 32.4. The average Bonchev–Trinajstić information content (AvgIpc) is 3.50. The van der Waals surface area contributed by atoms with Crippen molar-refractivity contribution in [3.8, 4) is 44.8 Å². The van der Waals surface area contributed by atoms with Crippen LogP contribution in [0.2, 0.25) is 10.0 Å². The summed E-state index contributed by atoms with van der Waals surface area (Å²) in [6.45, 7) is 2.73. The van der Waals surface area contributed by atoms with Crippen molar-refractivity contribution >= 4 is 28.8 Å². The molecular formula is C36H33Cl2N5O2. The Hall–Kier alpha value is -4.08. The number of halogens is 2. The molecule has 0 amide bonds. The number of nitrogens with one attached hydrogen (secondary N) is 2. The molecule has 0 spiro atoms. The van der Waals surface area contributed by atoms with Gasteiger partial charge in [-0.25, -0.2) is 0 Å². The van der Waals surface area contributed by atoms with Gasteiger partial charge in [0.15, 0.2) is 11.5 Å². The highest BCUT2D eigenvalue weighted by molar-refractivity contribution is 6.39. The Morgan fingerprint density at radius 3 is 1.64 bits per heavy atom. The van der Waals surface area contributed by atoms with Crippen molar-refractivity contribution in [3.05, 3.63) is 124 Å². The maximum absolute atomic E-state index is 9.00. The molecule has 6 rings (SSSR count). The fourth-order valence-electron chi connectivity index (χ4n) is 5.38. The molecule has 2 aromatic heterocycles. The van der Waals surface area contributed by atoms with Crippen molar-refractivity contribution in [2.45, 2.75) is 13.1 Å². The highest BCUT2D eigenvalue weighted by Crippen LogP contribution is 2.42. The predicted molar refractivity (Wildman–Crippen MR) is 182 cm³/mol. The van der Waals surface area contributed by atoms with Crippen LogP contribution < -0.4 is 10.6 Å². The SMILES string of the molecule is OCCNCc1ccc(-c2cccc(-c3cccc(-c4ccn5c(-c6ccc(CNCCO)cc6)nnc5c4)c3Cl)c2Cl)cc1. The van der Waals surface area contributed by atoms with E-state index in [9.17, 15) is 0 Å². The zero-order chi connectivity index (χ0) is 31.2. The zero-order valence-corrected chi connectivity index (χ0v) is 26.1. The van der Waals surface area contributed by atoms with E-state index in [1.165, 1.54) is 0 Å². The molecular weight excluding hydrogens is 605 g/mol. The molecule has 0 unspecified atom stereocenters. The fourth-order valence-corrected chi connectivity index (χ4v) is 6.05. The van der Waals surface area contributed by atoms with Crippen LogP contribution in [0, 0.1) is 0 Å². The third kappa shape index (κ3) is 6.79. The van der Waals surface area contributed by atoms with Crippen LogP contribution in [-0.4, -0.2) is 51.1 Å². The summed E-state index contributed by atoms with van der Waals surface area (Å²) in [5.41, 5.74) is 9.39. The molecule has 4 N–H and O–H groups in total. The lowest BCUT2D eigenvalue weighted by atomic mass is 9.95. The van der Waals surface area contributed by atoms with Gasteiger partial charge in [0.25, 0.3) is 0 Å². The van der Waals surface area contributed by atoms with Crippen LogP contribution in [0.25, 0.3) is 50.4 Å². The monoisotopic (exact) mass is 637 g/mol. The summed E-state index contributed by atoms with van der Waals surface area (Å²) < 4.78 is 1.97. The number of pyridine rings is 1. The first-order chi connectivity index (χ1) is 22.1. The summed E-state index contributed by atoms with van der Waals surface area (Å²) in [6.07, 6.45) is 1.97. The van der Waals surface area contributed by atoms with E-state index in [-0.39, 0.29) is 13.2 Å². The van der Waals surface area contributed by atoms with Gasteiger partial charge in [-0.05, 0) is 34.4 Å². The lowest BCUT2D eigenvalue weighted by molar-refractivity contribution is 0.291. The number of hydrogen-bond acceptors (Lipinski definition) is 6. The molecule has 4 aromatic carbocycles. The van der Waals surface area contributed by atoms with Crippen LogP contribution in [0.1, 0.15) is 11.1 Å². The van der Waals surface area contributed by atoms with Crippen LogP contribution in [0.5, 0.6) is 0 Å². The number of nitrogens with zero attached hydrogens (tertiary/aromatic N) is 3. The Balaban J connectivity index is 1.27. The molecule has 0 aliphatic heterocycles. The number of aromatic nitrogens is 3. The number of fused-ring (bicyclic) bond motifs is 1. The molecule has 0 saturated carbocycles. The lowest BCUT2D eigenvalue weighted by Crippen LogP contribution is -2.17. The topological polar surface area (TPSA) is 94.7 Å². The first kappa shape index (κ1) is 30.9. The fraction of sp³-hybridized carbons (Fsp3) is 0.167. The molecule has 45 heavy (non-hydrogen) atoms. The Morgan fingerprint density at radius 1 is 0.578 bits per heavy atom. The highest BCUT2D eigenvalue weighted by Gasteiger charge is 2.17. The van der Waals surface area contributed by atoms with E-state index >= 15 is 0 Å². The smallest absolute Gasteiger partial charge is 0.168 e. The summed E-state index contributed by atoms with van der Waals surface area (Å²) in [4.78, 5) is 0. The first-order valence-electron chi connectivity index (χ1n) is 14.8. The van der Waals surface area contributed by atoms with E-state index in [1.54, 1.807) is 0 Å². The Morgan fingerprint density at radius 2 is 1.09 bits per heavy atom. The maximum Gasteiger partial charge on any atom is 0.168 e. The number of rotatable bonds is 12. The van der Waals surface area contributed by atoms with Gasteiger partial charge < -0.3 is 20.8 Å². The number of benzene rings is 4. The Labute approximate surface area is 272 Å². The van der Waals surface area contributed by atoms with Gasteiger partial charge in [-0.3, -0.25) is 4.40 Å². The number of aliphatic hydroxyl groups is 2. The van der Waals surface area contributed by atoms with E-state index in [1.807, 2.05) is 83.4 Å². The van der Waals surface area contributed by atoms with E-state index in [0.717, 1.165) is 55.9 Å². The van der Waals surface area contributed by atoms with Crippen LogP contribution in [0.3, 0.4) is 0 Å². The summed E-state index contributed by atoms with van der Waals surface area (Å²) in [5, 5.41) is 34.5. The minimum absolute atomic E-state index is 0.113. The van der Waals surface area contributed by atoms with Gasteiger partial charge in [-0.15, -0.1) is 10.2 Å². The van der Waals surface area contributed by atoms with Gasteiger partial charge in [0.2, 0.25) is 0 Å². The largest absolute Gasteiger partial charge is 0.395 e. The lowest BCUT2D eigenvalue weighted by Gasteiger charge is -2.14. The molecule has 0 saturated heterocycles. The third-order valence-electron chi connectivity index (χ3n) is 7.72. The van der Waals surface area contributed by atoms with Gasteiger partial charge in [-0.1, -0.05) is 108 Å². The van der Waals surface area contributed by atoms with Crippen molar-refractivity contribution in [1.29, 1.82) is 0 Å². The summed E-state index contributed by atoms with van der Waals surface area (Å²) >= 11 is 14.1. The number of hydrogen-bond donors (Lipinski definition) is 4. The molecule has 0 aliphatic rings. The van der Waals surface area contributed by atoms with Crippen LogP contribution in [0.4, 0.5) is 0 Å². The van der Waals surface area contributed by atoms with Crippen molar-refractivity contribution in [2.75, 3.05) is 26.3 Å². The molecule has 7 nitrogen and oxygen atoms in total. The van der Waals surface area contributed by atoms with E-state index < -0.39 is 0 Å². The molecule has 0 bridgehead atoms. The van der Waals surface area contributed by atoms with Crippen LogP contribution >= 0.6 is 23.2 Å². The molecule has 2 heterocycles. The highest BCUT2D eigenvalue weighted by atomic mass is 35.5. The molecule has 6 aromatic rings. The minimum Gasteiger partial charge on any atom is -0.395 e. The van der Waals surface area contributed by atoms with Gasteiger partial charge in [-0.2, -0.15) is 0 Å². The van der Waals surface area contributed by atoms with E-state index in [2.05, 4.69) is 45.1 Å². The van der Waals surface area contributed by atoms with Gasteiger partial charge in [0, 0.05) is 60.2 Å². The molecule has 0 fully saturated rings. The van der Waals surface area contributed by atoms with E-state index in [0.29, 0.717) is 41.9 Å². The van der Waals surface area contributed by atoms with E-state index in [4.69, 9.17) is 33.4 Å². The zero-order valence-electron chi connectivity index (χ0n) is 24.5. The quantitative estimate of drug-likeness (QED) is 0.109. The standard InChI is InChI=1S/C36H33Cl2N5O2/c37-34-29(26-11-7-24(8-12-26)22-39-16-19-44)3-1-5-31(34)32-6-2-4-30(35(32)38)28-15-18-43-33(21-28)41-42-36(43)27-13-9-25(10-14-27)23-40-17-20-45/h1-15,18,21,39-40,44-45H,16-17,19-20,22-23H2. The second-order valence-corrected chi connectivity index (χ2v) is 11.5. The average molecular weight is 639 g/mol. The minimum atomic E-state index is 0.113. The Bertz CT molecular complexity index is 1910. The van der Waals surface area contributed by atoms with Gasteiger partial charge >= 0.3 is 0 Å². The van der Waals surface area contributed by atoms with Crippen molar-refractivity contribution in [2.24, 2.45) is 0 Å². The predicted octanol–water partition coefficient (Wildman–Crippen LogP) is 6.87. The molecule has 0 atom stereocenters. The maximum atomic E-state index is 9.00. The van der Waals surface area contributed by atoms with Crippen molar-refractivity contribution in [3.63, 3.8) is 0 Å². The molecule has 0 aliphatic carbocycles. The van der Waals surface area contributed by atoms with Gasteiger partial charge in [0.05, 0.1) is 23.3 Å². The van der Waals surface area contributed by atoms with Crippen LogP contribution in [-0.2, 0) is 13.1 Å². The molecule has 9 heteroatoms. The van der Waals surface area contributed by atoms with Crippen LogP contribution in [0.15, 0.2) is 103 Å². The van der Waals surface area contributed by atoms with Gasteiger partial charge in [0.1, 0.15) is 0 Å². The second-order valence-electron chi connectivity index (χ2n) is 10.7. The molecule has 0 radical (unpaired) electrons. The van der Waals surface area contributed by atoms with Crippen molar-refractivity contribution in [1.82, 2.24) is 25.2 Å².